The largest absolute Gasteiger partial charge is 0.354 e. The Morgan fingerprint density at radius 2 is 2.11 bits per heavy atom. The molecule has 3 rings (SSSR count). The van der Waals surface area contributed by atoms with E-state index in [2.05, 4.69) is 34.9 Å². The monoisotopic (exact) mass is 258 g/mol. The maximum Gasteiger partial charge on any atom is 0.237 e. The van der Waals surface area contributed by atoms with Crippen molar-refractivity contribution in [1.29, 1.82) is 0 Å². The molecule has 1 aromatic carbocycles. The molecule has 1 aliphatic heterocycles. The number of rotatable bonds is 3. The molecule has 2 atom stereocenters. The number of hydrogen-bond donors (Lipinski definition) is 2. The smallest absolute Gasteiger partial charge is 0.237 e. The number of carbonyl (C=O) groups excluding carboxylic acids is 1. The SMILES string of the molecule is O=C(NC[C@H]1CCc2ccccc2C1)[C@@H]1CCCN1. The van der Waals surface area contributed by atoms with Crippen molar-refractivity contribution in [3.63, 3.8) is 0 Å². The third kappa shape index (κ3) is 2.98. The number of benzene rings is 1. The van der Waals surface area contributed by atoms with Gasteiger partial charge in [0.05, 0.1) is 6.04 Å². The molecule has 1 saturated heterocycles. The van der Waals surface area contributed by atoms with Gasteiger partial charge in [-0.2, -0.15) is 0 Å². The first-order valence-corrected chi connectivity index (χ1v) is 7.41. The summed E-state index contributed by atoms with van der Waals surface area (Å²) in [6.45, 7) is 1.81. The second kappa shape index (κ2) is 5.74. The highest BCUT2D eigenvalue weighted by atomic mass is 16.2. The molecule has 2 aliphatic rings. The van der Waals surface area contributed by atoms with Gasteiger partial charge < -0.3 is 10.6 Å². The van der Waals surface area contributed by atoms with E-state index in [0.29, 0.717) is 5.92 Å². The van der Waals surface area contributed by atoms with Crippen LogP contribution in [0.2, 0.25) is 0 Å². The van der Waals surface area contributed by atoms with Crippen LogP contribution in [0.3, 0.4) is 0 Å². The van der Waals surface area contributed by atoms with Gasteiger partial charge in [-0.1, -0.05) is 24.3 Å². The molecule has 1 heterocycles. The summed E-state index contributed by atoms with van der Waals surface area (Å²) in [5.74, 6) is 0.789. The highest BCUT2D eigenvalue weighted by Crippen LogP contribution is 2.24. The van der Waals surface area contributed by atoms with E-state index in [1.165, 1.54) is 17.5 Å². The fraction of sp³-hybridized carbons (Fsp3) is 0.562. The molecule has 2 N–H and O–H groups in total. The van der Waals surface area contributed by atoms with Crippen molar-refractivity contribution in [2.75, 3.05) is 13.1 Å². The summed E-state index contributed by atoms with van der Waals surface area (Å²) < 4.78 is 0. The maximum absolute atomic E-state index is 12.0. The van der Waals surface area contributed by atoms with Crippen LogP contribution in [0, 0.1) is 5.92 Å². The minimum absolute atomic E-state index is 0.0517. The van der Waals surface area contributed by atoms with E-state index in [1.807, 2.05) is 0 Å². The van der Waals surface area contributed by atoms with E-state index in [9.17, 15) is 4.79 Å². The van der Waals surface area contributed by atoms with Gasteiger partial charge in [0, 0.05) is 6.54 Å². The van der Waals surface area contributed by atoms with E-state index in [4.69, 9.17) is 0 Å². The summed E-state index contributed by atoms with van der Waals surface area (Å²) in [7, 11) is 0. The average Bonchev–Trinajstić information content (AvgIpc) is 2.99. The zero-order valence-electron chi connectivity index (χ0n) is 11.3. The lowest BCUT2D eigenvalue weighted by atomic mass is 9.84. The van der Waals surface area contributed by atoms with Crippen LogP contribution in [0.5, 0.6) is 0 Å². The van der Waals surface area contributed by atoms with Crippen molar-refractivity contribution in [3.05, 3.63) is 35.4 Å². The van der Waals surface area contributed by atoms with Gasteiger partial charge in [-0.15, -0.1) is 0 Å². The van der Waals surface area contributed by atoms with Crippen molar-refractivity contribution < 1.29 is 4.79 Å². The van der Waals surface area contributed by atoms with Gasteiger partial charge in [0.1, 0.15) is 0 Å². The Morgan fingerprint density at radius 3 is 2.89 bits per heavy atom. The Balaban J connectivity index is 1.50. The molecule has 3 heteroatoms. The molecule has 19 heavy (non-hydrogen) atoms. The highest BCUT2D eigenvalue weighted by molar-refractivity contribution is 5.81. The number of hydrogen-bond acceptors (Lipinski definition) is 2. The van der Waals surface area contributed by atoms with Gasteiger partial charge in [0.2, 0.25) is 5.91 Å². The topological polar surface area (TPSA) is 41.1 Å². The predicted octanol–water partition coefficient (Wildman–Crippen LogP) is 1.66. The van der Waals surface area contributed by atoms with E-state index in [-0.39, 0.29) is 11.9 Å². The van der Waals surface area contributed by atoms with Crippen LogP contribution in [-0.2, 0) is 17.6 Å². The fourth-order valence-corrected chi connectivity index (χ4v) is 3.22. The molecular formula is C16H22N2O. The number of nitrogens with one attached hydrogen (secondary N) is 2. The van der Waals surface area contributed by atoms with Crippen LogP contribution in [0.15, 0.2) is 24.3 Å². The standard InChI is InChI=1S/C16H22N2O/c19-16(15-6-3-9-17-15)18-11-12-7-8-13-4-1-2-5-14(13)10-12/h1-2,4-5,12,15,17H,3,6-11H2,(H,18,19)/t12-,15-/m0/s1. The minimum atomic E-state index is 0.0517. The van der Waals surface area contributed by atoms with Crippen molar-refractivity contribution in [1.82, 2.24) is 10.6 Å². The Hall–Kier alpha value is -1.35. The quantitative estimate of drug-likeness (QED) is 0.865. The summed E-state index contributed by atoms with van der Waals surface area (Å²) in [4.78, 5) is 12.0. The molecule has 1 aliphatic carbocycles. The van der Waals surface area contributed by atoms with Crippen LogP contribution in [-0.4, -0.2) is 25.0 Å². The summed E-state index contributed by atoms with van der Waals surface area (Å²) in [6.07, 6.45) is 5.55. The molecule has 0 spiro atoms. The number of amides is 1. The summed E-state index contributed by atoms with van der Waals surface area (Å²) in [5, 5.41) is 6.37. The Labute approximate surface area is 114 Å². The number of aryl methyl sites for hydroxylation is 1. The van der Waals surface area contributed by atoms with Gasteiger partial charge in [-0.3, -0.25) is 4.79 Å². The van der Waals surface area contributed by atoms with E-state index < -0.39 is 0 Å². The zero-order chi connectivity index (χ0) is 13.1. The molecule has 0 unspecified atom stereocenters. The summed E-state index contributed by atoms with van der Waals surface area (Å²) >= 11 is 0. The third-order valence-electron chi connectivity index (χ3n) is 4.39. The molecular weight excluding hydrogens is 236 g/mol. The van der Waals surface area contributed by atoms with Crippen LogP contribution < -0.4 is 10.6 Å². The Morgan fingerprint density at radius 1 is 1.26 bits per heavy atom. The highest BCUT2D eigenvalue weighted by Gasteiger charge is 2.23. The summed E-state index contributed by atoms with van der Waals surface area (Å²) in [5.41, 5.74) is 2.95. The Bertz CT molecular complexity index is 452. The average molecular weight is 258 g/mol. The molecule has 0 bridgehead atoms. The van der Waals surface area contributed by atoms with Gasteiger partial charge in [0.25, 0.3) is 0 Å². The molecule has 0 aromatic heterocycles. The van der Waals surface area contributed by atoms with Crippen molar-refractivity contribution in [2.45, 2.75) is 38.1 Å². The lowest BCUT2D eigenvalue weighted by molar-refractivity contribution is -0.123. The molecule has 3 nitrogen and oxygen atoms in total. The zero-order valence-corrected chi connectivity index (χ0v) is 11.3. The summed E-state index contributed by atoms with van der Waals surface area (Å²) in [6, 6.07) is 8.74. The molecule has 1 aromatic rings. The number of carbonyl (C=O) groups is 1. The lowest BCUT2D eigenvalue weighted by Crippen LogP contribution is -2.42. The van der Waals surface area contributed by atoms with Crippen molar-refractivity contribution >= 4 is 5.91 Å². The van der Waals surface area contributed by atoms with E-state index in [0.717, 1.165) is 38.8 Å². The lowest BCUT2D eigenvalue weighted by Gasteiger charge is -2.25. The van der Waals surface area contributed by atoms with E-state index in [1.54, 1.807) is 0 Å². The van der Waals surface area contributed by atoms with Gasteiger partial charge in [-0.25, -0.2) is 0 Å². The number of fused-ring (bicyclic) bond motifs is 1. The maximum atomic E-state index is 12.0. The molecule has 0 radical (unpaired) electrons. The second-order valence-electron chi connectivity index (χ2n) is 5.77. The van der Waals surface area contributed by atoms with Crippen LogP contribution in [0.25, 0.3) is 0 Å². The third-order valence-corrected chi connectivity index (χ3v) is 4.39. The van der Waals surface area contributed by atoms with Crippen molar-refractivity contribution in [2.24, 2.45) is 5.92 Å². The van der Waals surface area contributed by atoms with Gasteiger partial charge in [-0.05, 0) is 55.7 Å². The first kappa shape index (κ1) is 12.7. The van der Waals surface area contributed by atoms with Crippen molar-refractivity contribution in [3.8, 4) is 0 Å². The fourth-order valence-electron chi connectivity index (χ4n) is 3.22. The van der Waals surface area contributed by atoms with E-state index >= 15 is 0 Å². The minimum Gasteiger partial charge on any atom is -0.354 e. The normalized spacial score (nSPS) is 25.9. The first-order valence-electron chi connectivity index (χ1n) is 7.41. The molecule has 1 fully saturated rings. The predicted molar refractivity (Wildman–Crippen MR) is 76.0 cm³/mol. The van der Waals surface area contributed by atoms with Crippen LogP contribution in [0.1, 0.15) is 30.4 Å². The molecule has 0 saturated carbocycles. The van der Waals surface area contributed by atoms with Gasteiger partial charge in [0.15, 0.2) is 0 Å². The second-order valence-corrected chi connectivity index (χ2v) is 5.77. The van der Waals surface area contributed by atoms with Gasteiger partial charge >= 0.3 is 0 Å². The Kier molecular flexibility index (Phi) is 3.83. The van der Waals surface area contributed by atoms with Crippen LogP contribution in [0.4, 0.5) is 0 Å². The van der Waals surface area contributed by atoms with Crippen LogP contribution >= 0.6 is 0 Å². The first-order chi connectivity index (χ1) is 9.33. The molecule has 102 valence electrons. The molecule has 1 amide bonds.